The van der Waals surface area contributed by atoms with Crippen LogP contribution in [0.5, 0.6) is 0 Å². The summed E-state index contributed by atoms with van der Waals surface area (Å²) in [6.07, 6.45) is 3.23. The molecule has 7 nitrogen and oxygen atoms in total. The molecule has 2 aliphatic rings. The number of carbonyl (C=O) groups excluding carboxylic acids is 2. The second kappa shape index (κ2) is 6.81. The highest BCUT2D eigenvalue weighted by molar-refractivity contribution is 5.93. The summed E-state index contributed by atoms with van der Waals surface area (Å²) in [5, 5.41) is 2.81. The molecule has 2 aromatic rings. The number of aryl methyl sites for hydroxylation is 1. The molecule has 142 valence electrons. The topological polar surface area (TPSA) is 70.5 Å². The number of imidazole rings is 1. The summed E-state index contributed by atoms with van der Waals surface area (Å²) in [5.41, 5.74) is 1.66. The van der Waals surface area contributed by atoms with E-state index in [1.807, 2.05) is 30.1 Å². The van der Waals surface area contributed by atoms with Crippen LogP contribution in [0.4, 0.5) is 0 Å². The van der Waals surface area contributed by atoms with Gasteiger partial charge in [-0.05, 0) is 5.56 Å². The summed E-state index contributed by atoms with van der Waals surface area (Å²) < 4.78 is 1.74. The van der Waals surface area contributed by atoms with Crippen LogP contribution < -0.4 is 5.32 Å². The number of nitrogens with one attached hydrogen (secondary N) is 1. The van der Waals surface area contributed by atoms with Gasteiger partial charge >= 0.3 is 0 Å². The Balaban J connectivity index is 1.48. The third-order valence-electron chi connectivity index (χ3n) is 5.86. The van der Waals surface area contributed by atoms with Gasteiger partial charge in [0, 0.05) is 52.2 Å². The lowest BCUT2D eigenvalue weighted by Crippen LogP contribution is -2.64. The molecular weight excluding hydrogens is 342 g/mol. The average molecular weight is 367 g/mol. The van der Waals surface area contributed by atoms with Crippen molar-refractivity contribution in [2.24, 2.45) is 18.4 Å². The summed E-state index contributed by atoms with van der Waals surface area (Å²) >= 11 is 0. The van der Waals surface area contributed by atoms with Gasteiger partial charge in [0.05, 0.1) is 18.4 Å². The minimum absolute atomic E-state index is 0.0159. The summed E-state index contributed by atoms with van der Waals surface area (Å²) in [6.45, 7) is 3.60. The molecule has 2 fully saturated rings. The Hall–Kier alpha value is -2.67. The molecule has 1 atom stereocenters. The molecule has 0 aliphatic carbocycles. The Morgan fingerprint density at radius 1 is 1.22 bits per heavy atom. The SMILES string of the molecule is CNC(=O)C1CN(Cc2ccccc2)CC12CN(C(=O)c1cncn1C)C2. The number of hydrogen-bond acceptors (Lipinski definition) is 4. The lowest BCUT2D eigenvalue weighted by Gasteiger charge is -2.50. The van der Waals surface area contributed by atoms with E-state index in [1.54, 1.807) is 24.1 Å². The van der Waals surface area contributed by atoms with Crippen LogP contribution in [0.3, 0.4) is 0 Å². The molecule has 1 spiro atoms. The Morgan fingerprint density at radius 2 is 1.96 bits per heavy atom. The van der Waals surface area contributed by atoms with Crippen molar-refractivity contribution in [1.82, 2.24) is 24.7 Å². The van der Waals surface area contributed by atoms with Crippen LogP contribution in [0.15, 0.2) is 42.9 Å². The van der Waals surface area contributed by atoms with E-state index < -0.39 is 0 Å². The fourth-order valence-electron chi connectivity index (χ4n) is 4.47. The maximum absolute atomic E-state index is 12.7. The van der Waals surface area contributed by atoms with E-state index in [2.05, 4.69) is 27.3 Å². The third kappa shape index (κ3) is 3.12. The lowest BCUT2D eigenvalue weighted by molar-refractivity contribution is -0.130. The Bertz CT molecular complexity index is 841. The monoisotopic (exact) mass is 367 g/mol. The fourth-order valence-corrected chi connectivity index (χ4v) is 4.47. The van der Waals surface area contributed by atoms with Crippen LogP contribution in [0.1, 0.15) is 16.1 Å². The van der Waals surface area contributed by atoms with Gasteiger partial charge in [-0.2, -0.15) is 0 Å². The van der Waals surface area contributed by atoms with Crippen LogP contribution in [0.2, 0.25) is 0 Å². The summed E-state index contributed by atoms with van der Waals surface area (Å²) in [4.78, 5) is 33.4. The first-order valence-corrected chi connectivity index (χ1v) is 9.26. The highest BCUT2D eigenvalue weighted by atomic mass is 16.2. The molecule has 7 heteroatoms. The van der Waals surface area contributed by atoms with Crippen molar-refractivity contribution in [3.05, 3.63) is 54.1 Å². The second-order valence-electron chi connectivity index (χ2n) is 7.74. The molecule has 0 bridgehead atoms. The van der Waals surface area contributed by atoms with Gasteiger partial charge in [0.15, 0.2) is 0 Å². The van der Waals surface area contributed by atoms with Crippen molar-refractivity contribution in [3.63, 3.8) is 0 Å². The normalized spacial score (nSPS) is 21.3. The van der Waals surface area contributed by atoms with Crippen molar-refractivity contribution in [2.45, 2.75) is 6.54 Å². The molecule has 1 N–H and O–H groups in total. The summed E-state index contributed by atoms with van der Waals surface area (Å²) in [7, 11) is 3.51. The standard InChI is InChI=1S/C20H25N5O2/c1-21-18(26)16-10-24(9-15-6-4-3-5-7-15)11-20(16)12-25(13-20)19(27)17-8-22-14-23(17)2/h3-8,14,16H,9-13H2,1-2H3,(H,21,26). The number of nitrogens with zero attached hydrogens (tertiary/aromatic N) is 4. The maximum Gasteiger partial charge on any atom is 0.272 e. The quantitative estimate of drug-likeness (QED) is 0.865. The van der Waals surface area contributed by atoms with Crippen molar-refractivity contribution in [1.29, 1.82) is 0 Å². The van der Waals surface area contributed by atoms with E-state index in [4.69, 9.17) is 0 Å². The van der Waals surface area contributed by atoms with Gasteiger partial charge in [0.25, 0.3) is 5.91 Å². The number of hydrogen-bond donors (Lipinski definition) is 1. The van der Waals surface area contributed by atoms with Gasteiger partial charge in [0.2, 0.25) is 5.91 Å². The number of rotatable bonds is 4. The Labute approximate surface area is 159 Å². The van der Waals surface area contributed by atoms with E-state index in [1.165, 1.54) is 5.56 Å². The number of aromatic nitrogens is 2. The van der Waals surface area contributed by atoms with E-state index >= 15 is 0 Å². The van der Waals surface area contributed by atoms with E-state index in [-0.39, 0.29) is 23.1 Å². The van der Waals surface area contributed by atoms with Crippen molar-refractivity contribution in [3.8, 4) is 0 Å². The van der Waals surface area contributed by atoms with E-state index in [0.717, 1.165) is 19.6 Å². The first kappa shape index (κ1) is 17.7. The molecule has 27 heavy (non-hydrogen) atoms. The molecule has 0 radical (unpaired) electrons. The maximum atomic E-state index is 12.7. The van der Waals surface area contributed by atoms with Crippen LogP contribution in [0.25, 0.3) is 0 Å². The zero-order valence-electron chi connectivity index (χ0n) is 15.8. The molecule has 1 aromatic heterocycles. The zero-order valence-corrected chi connectivity index (χ0v) is 15.8. The van der Waals surface area contributed by atoms with Gasteiger partial charge in [-0.1, -0.05) is 30.3 Å². The minimum atomic E-state index is -0.164. The van der Waals surface area contributed by atoms with Gasteiger partial charge in [0.1, 0.15) is 5.69 Å². The molecule has 4 rings (SSSR count). The first-order valence-electron chi connectivity index (χ1n) is 9.26. The molecule has 0 saturated carbocycles. The molecule has 1 unspecified atom stereocenters. The summed E-state index contributed by atoms with van der Waals surface area (Å²) in [5.74, 6) is -0.0437. The molecule has 2 aliphatic heterocycles. The largest absolute Gasteiger partial charge is 0.359 e. The number of likely N-dealkylation sites (tertiary alicyclic amines) is 2. The molecule has 2 saturated heterocycles. The first-order chi connectivity index (χ1) is 13.0. The van der Waals surface area contributed by atoms with Crippen molar-refractivity contribution in [2.75, 3.05) is 33.2 Å². The predicted octanol–water partition coefficient (Wildman–Crippen LogP) is 0.740. The number of amides is 2. The highest BCUT2D eigenvalue weighted by Crippen LogP contribution is 2.45. The summed E-state index contributed by atoms with van der Waals surface area (Å²) in [6, 6.07) is 10.3. The fraction of sp³-hybridized carbons (Fsp3) is 0.450. The smallest absolute Gasteiger partial charge is 0.272 e. The lowest BCUT2D eigenvalue weighted by atomic mass is 9.71. The van der Waals surface area contributed by atoms with E-state index in [0.29, 0.717) is 18.8 Å². The van der Waals surface area contributed by atoms with Gasteiger partial charge in [-0.3, -0.25) is 14.5 Å². The van der Waals surface area contributed by atoms with Gasteiger partial charge < -0.3 is 14.8 Å². The van der Waals surface area contributed by atoms with E-state index in [9.17, 15) is 9.59 Å². The number of benzene rings is 1. The number of carbonyl (C=O) groups is 2. The van der Waals surface area contributed by atoms with Gasteiger partial charge in [-0.15, -0.1) is 0 Å². The van der Waals surface area contributed by atoms with Crippen LogP contribution >= 0.6 is 0 Å². The Morgan fingerprint density at radius 3 is 2.59 bits per heavy atom. The van der Waals surface area contributed by atoms with Crippen LogP contribution in [-0.4, -0.2) is 64.4 Å². The molecule has 1 aromatic carbocycles. The minimum Gasteiger partial charge on any atom is -0.359 e. The molecule has 2 amide bonds. The molecular formula is C20H25N5O2. The second-order valence-corrected chi connectivity index (χ2v) is 7.74. The third-order valence-corrected chi connectivity index (χ3v) is 5.86. The van der Waals surface area contributed by atoms with Crippen molar-refractivity contribution >= 4 is 11.8 Å². The van der Waals surface area contributed by atoms with Crippen LogP contribution in [0, 0.1) is 11.3 Å². The zero-order chi connectivity index (χ0) is 19.0. The average Bonchev–Trinajstić information content (AvgIpc) is 3.24. The van der Waals surface area contributed by atoms with Crippen LogP contribution in [-0.2, 0) is 18.4 Å². The Kier molecular flexibility index (Phi) is 4.47. The van der Waals surface area contributed by atoms with Crippen molar-refractivity contribution < 1.29 is 9.59 Å². The highest BCUT2D eigenvalue weighted by Gasteiger charge is 2.57. The predicted molar refractivity (Wildman–Crippen MR) is 101 cm³/mol. The van der Waals surface area contributed by atoms with Gasteiger partial charge in [-0.25, -0.2) is 4.98 Å². The molecule has 3 heterocycles.